The number of hydrogen-bond donors (Lipinski definition) is 1. The van der Waals surface area contributed by atoms with E-state index in [1.165, 1.54) is 25.1 Å². The highest BCUT2D eigenvalue weighted by Crippen LogP contribution is 2.33. The van der Waals surface area contributed by atoms with E-state index in [0.29, 0.717) is 5.56 Å². The number of nitrogens with one attached hydrogen (secondary N) is 1. The molecule has 7 nitrogen and oxygen atoms in total. The number of sulfone groups is 1. The smallest absolute Gasteiger partial charge is 0.350 e. The molecule has 180 valence electrons. The van der Waals surface area contributed by atoms with Crippen molar-refractivity contribution >= 4 is 15.7 Å². The van der Waals surface area contributed by atoms with Crippen molar-refractivity contribution in [2.24, 2.45) is 0 Å². The molecule has 0 bridgehead atoms. The molecule has 0 radical (unpaired) electrons. The van der Waals surface area contributed by atoms with Crippen LogP contribution in [0.3, 0.4) is 0 Å². The van der Waals surface area contributed by atoms with Gasteiger partial charge in [-0.15, -0.1) is 0 Å². The quantitative estimate of drug-likeness (QED) is 0.486. The van der Waals surface area contributed by atoms with Crippen molar-refractivity contribution in [1.29, 1.82) is 0 Å². The summed E-state index contributed by atoms with van der Waals surface area (Å²) in [5.74, 6) is -1.22. The Hall–Kier alpha value is -3.47. The molecule has 11 heteroatoms. The monoisotopic (exact) mass is 493 g/mol. The summed E-state index contributed by atoms with van der Waals surface area (Å²) in [6.45, 7) is 1.35. The average Bonchev–Trinajstić information content (AvgIpc) is 2.76. The Labute approximate surface area is 194 Å². The lowest BCUT2D eigenvalue weighted by atomic mass is 10.1. The van der Waals surface area contributed by atoms with Gasteiger partial charge in [0.05, 0.1) is 22.8 Å². The topological polar surface area (TPSA) is 98.1 Å². The molecule has 3 aromatic rings. The Balaban J connectivity index is 1.71. The van der Waals surface area contributed by atoms with E-state index >= 15 is 0 Å². The van der Waals surface area contributed by atoms with E-state index < -0.39 is 38.6 Å². The lowest BCUT2D eigenvalue weighted by Crippen LogP contribution is -2.33. The van der Waals surface area contributed by atoms with Gasteiger partial charge in [-0.3, -0.25) is 9.59 Å². The average molecular weight is 494 g/mol. The van der Waals surface area contributed by atoms with Crippen LogP contribution in [0.4, 0.5) is 13.2 Å². The van der Waals surface area contributed by atoms with Crippen LogP contribution in [0, 0.1) is 6.92 Å². The Morgan fingerprint density at radius 2 is 1.71 bits per heavy atom. The number of halogens is 3. The number of benzene rings is 2. The highest BCUT2D eigenvalue weighted by molar-refractivity contribution is 7.90. The van der Waals surface area contributed by atoms with E-state index in [1.807, 2.05) is 0 Å². The molecule has 34 heavy (non-hydrogen) atoms. The fraction of sp³-hybridized carbons (Fsp3) is 0.261. The van der Waals surface area contributed by atoms with Gasteiger partial charge in [0.25, 0.3) is 5.91 Å². The number of hydrogen-bond acceptors (Lipinski definition) is 5. The molecule has 1 aromatic heterocycles. The third kappa shape index (κ3) is 6.31. The van der Waals surface area contributed by atoms with Gasteiger partial charge in [-0.2, -0.15) is 18.3 Å². The second-order valence-electron chi connectivity index (χ2n) is 7.61. The van der Waals surface area contributed by atoms with E-state index in [4.69, 9.17) is 0 Å². The maximum atomic E-state index is 13.4. The molecule has 1 N–H and O–H groups in total. The first-order valence-electron chi connectivity index (χ1n) is 10.3. The summed E-state index contributed by atoms with van der Waals surface area (Å²) < 4.78 is 65.6. The van der Waals surface area contributed by atoms with Crippen LogP contribution in [0.15, 0.2) is 65.5 Å². The number of carbonyl (C=O) groups is 1. The van der Waals surface area contributed by atoms with Gasteiger partial charge < -0.3 is 5.32 Å². The summed E-state index contributed by atoms with van der Waals surface area (Å²) in [6, 6.07) is 14.4. The summed E-state index contributed by atoms with van der Waals surface area (Å²) in [4.78, 5) is 24.8. The predicted octanol–water partition coefficient (Wildman–Crippen LogP) is 3.29. The first-order valence-corrected chi connectivity index (χ1v) is 12.1. The van der Waals surface area contributed by atoms with Crippen molar-refractivity contribution in [2.45, 2.75) is 25.3 Å². The molecule has 0 aliphatic rings. The van der Waals surface area contributed by atoms with Gasteiger partial charge in [0.2, 0.25) is 5.43 Å². The molecule has 2 aromatic carbocycles. The van der Waals surface area contributed by atoms with E-state index in [1.54, 1.807) is 30.3 Å². The van der Waals surface area contributed by atoms with E-state index in [-0.39, 0.29) is 35.9 Å². The number of amides is 1. The molecule has 0 atom stereocenters. The predicted molar refractivity (Wildman–Crippen MR) is 120 cm³/mol. The number of nitrogens with zero attached hydrogens (tertiary/aromatic N) is 2. The van der Waals surface area contributed by atoms with E-state index in [0.717, 1.165) is 16.8 Å². The molecule has 1 amide bonds. The van der Waals surface area contributed by atoms with E-state index in [2.05, 4.69) is 10.4 Å². The largest absolute Gasteiger partial charge is 0.418 e. The molecule has 0 spiro atoms. The summed E-state index contributed by atoms with van der Waals surface area (Å²) in [6.07, 6.45) is -4.57. The minimum atomic E-state index is -4.67. The van der Waals surface area contributed by atoms with E-state index in [9.17, 15) is 31.2 Å². The van der Waals surface area contributed by atoms with Gasteiger partial charge in [-0.25, -0.2) is 13.1 Å². The first kappa shape index (κ1) is 25.2. The van der Waals surface area contributed by atoms with Crippen molar-refractivity contribution in [1.82, 2.24) is 15.1 Å². The number of alkyl halides is 3. The number of para-hydroxylation sites is 1. The van der Waals surface area contributed by atoms with Crippen LogP contribution in [0.2, 0.25) is 0 Å². The van der Waals surface area contributed by atoms with Crippen molar-refractivity contribution in [3.8, 4) is 5.69 Å². The van der Waals surface area contributed by atoms with Crippen LogP contribution in [-0.2, 0) is 21.8 Å². The molecular weight excluding hydrogens is 471 g/mol. The molecule has 3 rings (SSSR count). The molecule has 0 aliphatic carbocycles. The third-order valence-corrected chi connectivity index (χ3v) is 6.59. The number of rotatable bonds is 8. The fourth-order valence-corrected chi connectivity index (χ4v) is 4.75. The maximum absolute atomic E-state index is 13.4. The molecule has 0 aliphatic heterocycles. The molecule has 1 heterocycles. The number of aromatic nitrogens is 2. The Morgan fingerprint density at radius 3 is 2.38 bits per heavy atom. The first-order chi connectivity index (χ1) is 16.0. The Morgan fingerprint density at radius 1 is 1.06 bits per heavy atom. The summed E-state index contributed by atoms with van der Waals surface area (Å²) in [7, 11) is -3.41. The van der Waals surface area contributed by atoms with Crippen LogP contribution in [-0.4, -0.2) is 36.4 Å². The zero-order valence-corrected chi connectivity index (χ0v) is 19.0. The van der Waals surface area contributed by atoms with Gasteiger partial charge in [0, 0.05) is 18.3 Å². The van der Waals surface area contributed by atoms with Crippen LogP contribution in [0.25, 0.3) is 5.69 Å². The minimum absolute atomic E-state index is 0.0546. The Bertz CT molecular complexity index is 1340. The minimum Gasteiger partial charge on any atom is -0.350 e. The standard InChI is InChI=1S/C23H22F3N3O4S/c1-16-14-20(30)21(28-29(16)19-11-6-5-10-18(19)23(24,25)26)22(31)27-12-7-13-34(32,33)15-17-8-3-2-4-9-17/h2-6,8-11,14H,7,12-13,15H2,1H3,(H,27,31). The SMILES string of the molecule is Cc1cc(=O)c(C(=O)NCCCS(=O)(=O)Cc2ccccc2)nn1-c1ccccc1C(F)(F)F. The highest BCUT2D eigenvalue weighted by Gasteiger charge is 2.34. The summed E-state index contributed by atoms with van der Waals surface area (Å²) >= 11 is 0. The van der Waals surface area contributed by atoms with Crippen molar-refractivity contribution in [3.63, 3.8) is 0 Å². The van der Waals surface area contributed by atoms with Crippen LogP contribution in [0.1, 0.15) is 33.7 Å². The van der Waals surface area contributed by atoms with Gasteiger partial charge in [0.15, 0.2) is 15.5 Å². The van der Waals surface area contributed by atoms with Gasteiger partial charge >= 0.3 is 6.18 Å². The molecule has 0 saturated heterocycles. The van der Waals surface area contributed by atoms with Crippen molar-refractivity contribution < 1.29 is 26.4 Å². The maximum Gasteiger partial charge on any atom is 0.418 e. The van der Waals surface area contributed by atoms with Gasteiger partial charge in [-0.1, -0.05) is 42.5 Å². The summed E-state index contributed by atoms with van der Waals surface area (Å²) in [5.41, 5.74) is -1.87. The summed E-state index contributed by atoms with van der Waals surface area (Å²) in [5, 5.41) is 6.29. The number of aryl methyl sites for hydroxylation is 1. The normalized spacial score (nSPS) is 11.9. The molecule has 0 unspecified atom stereocenters. The molecule has 0 saturated carbocycles. The third-order valence-electron chi connectivity index (χ3n) is 4.91. The van der Waals surface area contributed by atoms with Crippen LogP contribution < -0.4 is 10.7 Å². The number of carbonyl (C=O) groups excluding carboxylic acids is 1. The van der Waals surface area contributed by atoms with Gasteiger partial charge in [0.1, 0.15) is 0 Å². The van der Waals surface area contributed by atoms with Gasteiger partial charge in [-0.05, 0) is 31.0 Å². The second kappa shape index (κ2) is 10.2. The zero-order valence-electron chi connectivity index (χ0n) is 18.2. The zero-order chi connectivity index (χ0) is 24.9. The Kier molecular flexibility index (Phi) is 7.55. The molecule has 0 fully saturated rings. The van der Waals surface area contributed by atoms with Crippen LogP contribution in [0.5, 0.6) is 0 Å². The van der Waals surface area contributed by atoms with Crippen molar-refractivity contribution in [2.75, 3.05) is 12.3 Å². The fourth-order valence-electron chi connectivity index (χ4n) is 3.32. The van der Waals surface area contributed by atoms with Crippen molar-refractivity contribution in [3.05, 3.63) is 93.4 Å². The molecular formula is C23H22F3N3O4S. The lowest BCUT2D eigenvalue weighted by Gasteiger charge is -2.16. The highest BCUT2D eigenvalue weighted by atomic mass is 32.2. The van der Waals surface area contributed by atoms with Crippen LogP contribution >= 0.6 is 0 Å². The second-order valence-corrected chi connectivity index (χ2v) is 9.80. The lowest BCUT2D eigenvalue weighted by molar-refractivity contribution is -0.137.